The van der Waals surface area contributed by atoms with Crippen LogP contribution in [0.3, 0.4) is 0 Å². The number of hydrogen-bond donors (Lipinski definition) is 3. The number of sulfonamides is 1. The van der Waals surface area contributed by atoms with Crippen LogP contribution in [0.5, 0.6) is 11.6 Å². The van der Waals surface area contributed by atoms with Gasteiger partial charge in [0.2, 0.25) is 27.7 Å². The monoisotopic (exact) mass is 687 g/mol. The molecule has 1 aromatic carbocycles. The number of hydrogen-bond acceptors (Lipinski definition) is 9. The van der Waals surface area contributed by atoms with Gasteiger partial charge in [-0.05, 0) is 56.1 Å². The molecule has 2 saturated carbocycles. The van der Waals surface area contributed by atoms with Gasteiger partial charge >= 0.3 is 0 Å². The molecule has 4 aliphatic rings. The standard InChI is InChI=1S/C33H42ClN5O7S/c1-18-6-4-7-19(2)28(35)31(41)39-17-21(46-30-23-8-5-9-24(34)27(23)26(45-3)16-36-30)14-25(39)29(40)37-33(15-20(33)11-10-18)32(42)38-47(43,44)22-12-13-22/h5,8-11,16,18-22,25,28H,4,6-7,12-15,17,35H2,1-3H3,(H,37,40)(H,38,42)/b11-10-/t18?,19-,20-,21-,25+,28+,33-/m1/s1. The molecular formula is C33H42ClN5O7S. The Morgan fingerprint density at radius 1 is 1.17 bits per heavy atom. The van der Waals surface area contributed by atoms with Crippen molar-refractivity contribution >= 4 is 50.1 Å². The fraction of sp³-hybridized carbons (Fsp3) is 0.576. The maximum absolute atomic E-state index is 14.1. The van der Waals surface area contributed by atoms with Crippen molar-refractivity contribution in [2.75, 3.05) is 13.7 Å². The van der Waals surface area contributed by atoms with Gasteiger partial charge in [-0.1, -0.05) is 50.1 Å². The number of amides is 3. The van der Waals surface area contributed by atoms with Crippen molar-refractivity contribution < 1.29 is 32.3 Å². The number of rotatable bonds is 6. The van der Waals surface area contributed by atoms with Crippen LogP contribution in [0.15, 0.2) is 36.5 Å². The maximum Gasteiger partial charge on any atom is 0.259 e. The van der Waals surface area contributed by atoms with Gasteiger partial charge in [0, 0.05) is 23.1 Å². The molecule has 1 unspecified atom stereocenters. The number of allylic oxidation sites excluding steroid dienone is 1. The molecule has 6 rings (SSSR count). The summed E-state index contributed by atoms with van der Waals surface area (Å²) in [6.45, 7) is 4.06. The van der Waals surface area contributed by atoms with Crippen LogP contribution < -0.4 is 25.2 Å². The Hall–Kier alpha value is -3.42. The molecule has 0 bridgehead atoms. The first kappa shape index (κ1) is 33.5. The molecule has 3 fully saturated rings. The second-order valence-corrected chi connectivity index (χ2v) is 15.9. The molecule has 1 aromatic heterocycles. The van der Waals surface area contributed by atoms with Crippen molar-refractivity contribution in [3.05, 3.63) is 41.6 Å². The largest absolute Gasteiger partial charge is 0.494 e. The van der Waals surface area contributed by atoms with E-state index in [2.05, 4.69) is 21.9 Å². The topological polar surface area (TPSA) is 170 Å². The van der Waals surface area contributed by atoms with Gasteiger partial charge in [0.05, 0.1) is 36.2 Å². The fourth-order valence-electron chi connectivity index (χ4n) is 6.75. The van der Waals surface area contributed by atoms with Gasteiger partial charge in [0.25, 0.3) is 5.91 Å². The third kappa shape index (κ3) is 6.66. The minimum atomic E-state index is -3.85. The first-order valence-electron chi connectivity index (χ1n) is 16.2. The molecule has 2 aromatic rings. The number of ether oxygens (including phenoxy) is 2. The molecule has 2 aliphatic carbocycles. The average molecular weight is 688 g/mol. The second kappa shape index (κ2) is 12.9. The summed E-state index contributed by atoms with van der Waals surface area (Å²) in [6, 6.07) is 3.43. The van der Waals surface area contributed by atoms with Crippen LogP contribution in [0.1, 0.15) is 58.8 Å². The summed E-state index contributed by atoms with van der Waals surface area (Å²) in [5.74, 6) is -1.33. The van der Waals surface area contributed by atoms with Crippen molar-refractivity contribution in [2.24, 2.45) is 23.5 Å². The van der Waals surface area contributed by atoms with Crippen molar-refractivity contribution in [3.8, 4) is 11.6 Å². The van der Waals surface area contributed by atoms with Crippen LogP contribution in [0.25, 0.3) is 10.8 Å². The quantitative estimate of drug-likeness (QED) is 0.386. The lowest BCUT2D eigenvalue weighted by atomic mass is 9.92. The molecule has 47 heavy (non-hydrogen) atoms. The summed E-state index contributed by atoms with van der Waals surface area (Å²) in [5, 5.41) is 3.96. The smallest absolute Gasteiger partial charge is 0.259 e. The number of nitrogens with zero attached hydrogens (tertiary/aromatic N) is 2. The van der Waals surface area contributed by atoms with Crippen molar-refractivity contribution in [1.82, 2.24) is 19.9 Å². The third-order valence-corrected chi connectivity index (χ3v) is 12.1. The zero-order valence-electron chi connectivity index (χ0n) is 26.8. The van der Waals surface area contributed by atoms with E-state index < -0.39 is 56.7 Å². The van der Waals surface area contributed by atoms with Gasteiger partial charge in [0.1, 0.15) is 23.4 Å². The zero-order valence-corrected chi connectivity index (χ0v) is 28.4. The molecule has 7 atom stereocenters. The predicted molar refractivity (Wildman–Crippen MR) is 176 cm³/mol. The lowest BCUT2D eigenvalue weighted by molar-refractivity contribution is -0.141. The first-order chi connectivity index (χ1) is 22.3. The maximum atomic E-state index is 14.1. The second-order valence-electron chi connectivity index (χ2n) is 13.5. The van der Waals surface area contributed by atoms with E-state index in [1.54, 1.807) is 18.2 Å². The van der Waals surface area contributed by atoms with Gasteiger partial charge in [-0.2, -0.15) is 0 Å². The minimum Gasteiger partial charge on any atom is -0.494 e. The van der Waals surface area contributed by atoms with Crippen LogP contribution in [0, 0.1) is 17.8 Å². The van der Waals surface area contributed by atoms with Crippen LogP contribution in [0.2, 0.25) is 5.02 Å². The van der Waals surface area contributed by atoms with E-state index in [0.29, 0.717) is 34.4 Å². The number of carbonyl (C=O) groups is 3. The van der Waals surface area contributed by atoms with E-state index in [-0.39, 0.29) is 43.0 Å². The highest BCUT2D eigenvalue weighted by molar-refractivity contribution is 7.91. The number of fused-ring (bicyclic) bond motifs is 3. The van der Waals surface area contributed by atoms with Crippen LogP contribution in [-0.4, -0.2) is 78.7 Å². The Balaban J connectivity index is 1.31. The normalized spacial score (nSPS) is 32.3. The van der Waals surface area contributed by atoms with Gasteiger partial charge < -0.3 is 25.4 Å². The fourth-order valence-corrected chi connectivity index (χ4v) is 8.38. The zero-order chi connectivity index (χ0) is 33.7. The van der Waals surface area contributed by atoms with Crippen LogP contribution in [-0.2, 0) is 24.4 Å². The number of nitrogens with two attached hydrogens (primary N) is 1. The summed E-state index contributed by atoms with van der Waals surface area (Å²) in [4.78, 5) is 47.5. The molecule has 3 heterocycles. The molecular weight excluding hydrogens is 646 g/mol. The molecule has 0 radical (unpaired) electrons. The van der Waals surface area contributed by atoms with E-state index in [0.717, 1.165) is 19.3 Å². The summed E-state index contributed by atoms with van der Waals surface area (Å²) in [6.07, 6.45) is 8.53. The molecule has 254 valence electrons. The molecule has 4 N–H and O–H groups in total. The Morgan fingerprint density at radius 3 is 2.66 bits per heavy atom. The third-order valence-electron chi connectivity index (χ3n) is 9.99. The number of methoxy groups -OCH3 is 1. The van der Waals surface area contributed by atoms with Crippen molar-refractivity contribution in [1.29, 1.82) is 0 Å². The molecule has 0 spiro atoms. The van der Waals surface area contributed by atoms with Gasteiger partial charge in [0.15, 0.2) is 0 Å². The number of benzene rings is 1. The molecule has 14 heteroatoms. The molecule has 12 nitrogen and oxygen atoms in total. The lowest BCUT2D eigenvalue weighted by Gasteiger charge is -2.30. The highest BCUT2D eigenvalue weighted by Gasteiger charge is 2.62. The molecule has 3 amide bonds. The van der Waals surface area contributed by atoms with E-state index in [1.807, 2.05) is 19.1 Å². The van der Waals surface area contributed by atoms with Crippen molar-refractivity contribution in [3.63, 3.8) is 0 Å². The Bertz CT molecular complexity index is 1720. The summed E-state index contributed by atoms with van der Waals surface area (Å²) in [7, 11) is -2.33. The van der Waals surface area contributed by atoms with Gasteiger partial charge in [-0.3, -0.25) is 19.1 Å². The highest BCUT2D eigenvalue weighted by atomic mass is 35.5. The van der Waals surface area contributed by atoms with Gasteiger partial charge in [-0.25, -0.2) is 13.4 Å². The lowest BCUT2D eigenvalue weighted by Crippen LogP contribution is -2.58. The number of nitrogens with one attached hydrogen (secondary N) is 2. The Kier molecular flexibility index (Phi) is 9.18. The number of halogens is 1. The van der Waals surface area contributed by atoms with Crippen molar-refractivity contribution in [2.45, 2.75) is 87.8 Å². The highest BCUT2D eigenvalue weighted by Crippen LogP contribution is 2.46. The van der Waals surface area contributed by atoms with E-state index in [4.69, 9.17) is 26.8 Å². The minimum absolute atomic E-state index is 0.0583. The van der Waals surface area contributed by atoms with E-state index in [1.165, 1.54) is 18.2 Å². The summed E-state index contributed by atoms with van der Waals surface area (Å²) >= 11 is 6.49. The number of carbonyl (C=O) groups excluding carboxylic acids is 3. The van der Waals surface area contributed by atoms with E-state index >= 15 is 0 Å². The number of aromatic nitrogens is 1. The van der Waals surface area contributed by atoms with Crippen LogP contribution >= 0.6 is 11.6 Å². The first-order valence-corrected chi connectivity index (χ1v) is 18.2. The summed E-state index contributed by atoms with van der Waals surface area (Å²) in [5.41, 5.74) is 5.07. The SMILES string of the molecule is COc1cnc(O[C@@H]2C[C@H]3C(=O)N[C@]4(C(=O)NS(=O)(=O)C5CC5)C[C@H]4/C=C\C(C)CCC[C@@H](C)[C@H](N)C(=O)N3C2)c2cccc(Cl)c12. The van der Waals surface area contributed by atoms with E-state index in [9.17, 15) is 22.8 Å². The Labute approximate surface area is 279 Å². The van der Waals surface area contributed by atoms with Gasteiger partial charge in [-0.15, -0.1) is 0 Å². The molecule has 1 saturated heterocycles. The predicted octanol–water partition coefficient (Wildman–Crippen LogP) is 3.07. The number of pyridine rings is 1. The molecule has 2 aliphatic heterocycles. The average Bonchev–Trinajstić information content (AvgIpc) is 3.96. The Morgan fingerprint density at radius 2 is 1.94 bits per heavy atom. The summed E-state index contributed by atoms with van der Waals surface area (Å²) < 4.78 is 39.5. The van der Waals surface area contributed by atoms with Crippen LogP contribution in [0.4, 0.5) is 0 Å².